The van der Waals surface area contributed by atoms with Gasteiger partial charge in [-0.1, -0.05) is 6.92 Å². The van der Waals surface area contributed by atoms with Crippen molar-refractivity contribution in [1.82, 2.24) is 0 Å². The molecule has 15 heavy (non-hydrogen) atoms. The van der Waals surface area contributed by atoms with Gasteiger partial charge in [-0.15, -0.1) is 0 Å². The van der Waals surface area contributed by atoms with Crippen LogP contribution in [0.25, 0.3) is 0 Å². The number of ether oxygens (including phenoxy) is 2. The third-order valence-electron chi connectivity index (χ3n) is 1.59. The first-order valence-corrected chi connectivity index (χ1v) is 4.86. The fourth-order valence-corrected chi connectivity index (χ4v) is 0.937. The first-order valence-electron chi connectivity index (χ1n) is 4.86. The SMILES string of the molecule is CCOC(=O)C(CC)OC(=O)CC(C)=O. The van der Waals surface area contributed by atoms with E-state index < -0.39 is 18.0 Å². The summed E-state index contributed by atoms with van der Waals surface area (Å²) in [6, 6.07) is 0. The summed E-state index contributed by atoms with van der Waals surface area (Å²) in [5, 5.41) is 0. The summed E-state index contributed by atoms with van der Waals surface area (Å²) < 4.78 is 9.49. The van der Waals surface area contributed by atoms with Crippen molar-refractivity contribution in [2.45, 2.75) is 39.7 Å². The van der Waals surface area contributed by atoms with E-state index in [1.54, 1.807) is 13.8 Å². The highest BCUT2D eigenvalue weighted by atomic mass is 16.6. The van der Waals surface area contributed by atoms with Crippen molar-refractivity contribution in [3.8, 4) is 0 Å². The monoisotopic (exact) mass is 216 g/mol. The van der Waals surface area contributed by atoms with Gasteiger partial charge in [0.25, 0.3) is 0 Å². The number of hydrogen-bond donors (Lipinski definition) is 0. The van der Waals surface area contributed by atoms with Crippen LogP contribution in [-0.2, 0) is 23.9 Å². The van der Waals surface area contributed by atoms with Crippen molar-refractivity contribution in [1.29, 1.82) is 0 Å². The third kappa shape index (κ3) is 5.83. The van der Waals surface area contributed by atoms with Crippen molar-refractivity contribution < 1.29 is 23.9 Å². The maximum atomic E-state index is 11.2. The van der Waals surface area contributed by atoms with Gasteiger partial charge in [0, 0.05) is 0 Å². The number of esters is 2. The van der Waals surface area contributed by atoms with Gasteiger partial charge in [-0.3, -0.25) is 9.59 Å². The Morgan fingerprint density at radius 1 is 1.20 bits per heavy atom. The standard InChI is InChI=1S/C10H16O5/c1-4-8(10(13)14-5-2)15-9(12)6-7(3)11/h8H,4-6H2,1-3H3. The van der Waals surface area contributed by atoms with E-state index in [4.69, 9.17) is 9.47 Å². The second kappa shape index (κ2) is 6.98. The Morgan fingerprint density at radius 3 is 2.20 bits per heavy atom. The summed E-state index contributed by atoms with van der Waals surface area (Å²) in [6.45, 7) is 4.89. The molecule has 0 aromatic heterocycles. The van der Waals surface area contributed by atoms with E-state index in [1.807, 2.05) is 0 Å². The van der Waals surface area contributed by atoms with E-state index in [0.29, 0.717) is 6.42 Å². The zero-order chi connectivity index (χ0) is 11.8. The number of hydrogen-bond acceptors (Lipinski definition) is 5. The molecule has 0 radical (unpaired) electrons. The average molecular weight is 216 g/mol. The van der Waals surface area contributed by atoms with Crippen molar-refractivity contribution in [2.24, 2.45) is 0 Å². The van der Waals surface area contributed by atoms with E-state index in [9.17, 15) is 14.4 Å². The lowest BCUT2D eigenvalue weighted by molar-refractivity contribution is -0.168. The molecule has 0 amide bonds. The average Bonchev–Trinajstić information content (AvgIpc) is 2.13. The zero-order valence-electron chi connectivity index (χ0n) is 9.24. The predicted octanol–water partition coefficient (Wildman–Crippen LogP) is 0.850. The first kappa shape index (κ1) is 13.6. The lowest BCUT2D eigenvalue weighted by Gasteiger charge is -2.13. The van der Waals surface area contributed by atoms with Crippen molar-refractivity contribution in [3.63, 3.8) is 0 Å². The molecule has 5 nitrogen and oxygen atoms in total. The first-order chi connectivity index (χ1) is 7.01. The second-order valence-corrected chi connectivity index (χ2v) is 3.02. The topological polar surface area (TPSA) is 69.7 Å². The molecule has 0 fully saturated rings. The van der Waals surface area contributed by atoms with Crippen LogP contribution in [0, 0.1) is 0 Å². The molecule has 0 heterocycles. The van der Waals surface area contributed by atoms with Gasteiger partial charge in [-0.05, 0) is 20.3 Å². The summed E-state index contributed by atoms with van der Waals surface area (Å²) in [5.41, 5.74) is 0. The minimum absolute atomic E-state index is 0.236. The lowest BCUT2D eigenvalue weighted by atomic mass is 10.2. The molecule has 5 heteroatoms. The molecule has 0 spiro atoms. The van der Waals surface area contributed by atoms with Crippen LogP contribution in [0.4, 0.5) is 0 Å². The third-order valence-corrected chi connectivity index (χ3v) is 1.59. The molecule has 0 aliphatic rings. The van der Waals surface area contributed by atoms with E-state index in [2.05, 4.69) is 0 Å². The molecular formula is C10H16O5. The molecule has 1 atom stereocenters. The minimum Gasteiger partial charge on any atom is -0.463 e. The molecule has 0 rings (SSSR count). The zero-order valence-corrected chi connectivity index (χ0v) is 9.24. The highest BCUT2D eigenvalue weighted by molar-refractivity contribution is 5.95. The van der Waals surface area contributed by atoms with E-state index in [-0.39, 0.29) is 18.8 Å². The molecule has 0 bridgehead atoms. The van der Waals surface area contributed by atoms with Crippen molar-refractivity contribution in [3.05, 3.63) is 0 Å². The van der Waals surface area contributed by atoms with Gasteiger partial charge < -0.3 is 9.47 Å². The number of carbonyl (C=O) groups excluding carboxylic acids is 3. The number of ketones is 1. The number of rotatable bonds is 6. The summed E-state index contributed by atoms with van der Waals surface area (Å²) in [5.74, 6) is -1.56. The molecule has 0 N–H and O–H groups in total. The van der Waals surface area contributed by atoms with Crippen LogP contribution in [0.3, 0.4) is 0 Å². The Balaban J connectivity index is 4.14. The number of carbonyl (C=O) groups is 3. The van der Waals surface area contributed by atoms with Gasteiger partial charge in [0.2, 0.25) is 0 Å². The molecule has 0 saturated heterocycles. The highest BCUT2D eigenvalue weighted by Crippen LogP contribution is 2.03. The van der Waals surface area contributed by atoms with Crippen LogP contribution < -0.4 is 0 Å². The maximum absolute atomic E-state index is 11.2. The molecule has 0 aliphatic heterocycles. The van der Waals surface area contributed by atoms with Crippen LogP contribution in [0.1, 0.15) is 33.6 Å². The minimum atomic E-state index is -0.906. The van der Waals surface area contributed by atoms with Crippen LogP contribution in [0.5, 0.6) is 0 Å². The molecular weight excluding hydrogens is 200 g/mol. The van der Waals surface area contributed by atoms with Crippen molar-refractivity contribution >= 4 is 17.7 Å². The van der Waals surface area contributed by atoms with E-state index in [1.165, 1.54) is 6.92 Å². The van der Waals surface area contributed by atoms with E-state index in [0.717, 1.165) is 0 Å². The summed E-state index contributed by atoms with van der Waals surface area (Å²) in [6.07, 6.45) is -0.880. The fourth-order valence-electron chi connectivity index (χ4n) is 0.937. The fraction of sp³-hybridized carbons (Fsp3) is 0.700. The molecule has 0 aliphatic carbocycles. The summed E-state index contributed by atoms with van der Waals surface area (Å²) >= 11 is 0. The van der Waals surface area contributed by atoms with Crippen LogP contribution in [0.2, 0.25) is 0 Å². The van der Waals surface area contributed by atoms with E-state index >= 15 is 0 Å². The van der Waals surface area contributed by atoms with Gasteiger partial charge in [0.15, 0.2) is 6.10 Å². The predicted molar refractivity (Wildman–Crippen MR) is 52.1 cm³/mol. The quantitative estimate of drug-likeness (QED) is 0.486. The van der Waals surface area contributed by atoms with Gasteiger partial charge >= 0.3 is 11.9 Å². The Kier molecular flexibility index (Phi) is 6.33. The molecule has 86 valence electrons. The molecule has 0 aromatic rings. The second-order valence-electron chi connectivity index (χ2n) is 3.02. The smallest absolute Gasteiger partial charge is 0.347 e. The Labute approximate surface area is 88.7 Å². The molecule has 0 aromatic carbocycles. The Bertz CT molecular complexity index is 246. The van der Waals surface area contributed by atoms with Crippen LogP contribution in [-0.4, -0.2) is 30.4 Å². The Morgan fingerprint density at radius 2 is 1.80 bits per heavy atom. The Hall–Kier alpha value is -1.39. The lowest BCUT2D eigenvalue weighted by Crippen LogP contribution is -2.29. The maximum Gasteiger partial charge on any atom is 0.347 e. The van der Waals surface area contributed by atoms with Gasteiger partial charge in [-0.2, -0.15) is 0 Å². The summed E-state index contributed by atoms with van der Waals surface area (Å²) in [7, 11) is 0. The van der Waals surface area contributed by atoms with Gasteiger partial charge in [0.05, 0.1) is 6.61 Å². The van der Waals surface area contributed by atoms with Crippen LogP contribution in [0.15, 0.2) is 0 Å². The number of Topliss-reactive ketones (excluding diaryl/α,β-unsaturated/α-hetero) is 1. The van der Waals surface area contributed by atoms with Crippen molar-refractivity contribution in [2.75, 3.05) is 6.61 Å². The van der Waals surface area contributed by atoms with Crippen LogP contribution >= 0.6 is 0 Å². The summed E-state index contributed by atoms with van der Waals surface area (Å²) in [4.78, 5) is 32.9. The normalized spacial score (nSPS) is 11.7. The molecule has 0 saturated carbocycles. The molecule has 1 unspecified atom stereocenters. The van der Waals surface area contributed by atoms with Gasteiger partial charge in [-0.25, -0.2) is 4.79 Å². The highest BCUT2D eigenvalue weighted by Gasteiger charge is 2.22. The van der Waals surface area contributed by atoms with Gasteiger partial charge in [0.1, 0.15) is 12.2 Å². The largest absolute Gasteiger partial charge is 0.463 e.